The van der Waals surface area contributed by atoms with E-state index in [4.69, 9.17) is 0 Å². The highest BCUT2D eigenvalue weighted by molar-refractivity contribution is 9.10. The van der Waals surface area contributed by atoms with E-state index in [1.165, 1.54) is 0 Å². The van der Waals surface area contributed by atoms with E-state index < -0.39 is 0 Å². The van der Waals surface area contributed by atoms with Crippen LogP contribution in [0.5, 0.6) is 0 Å². The predicted molar refractivity (Wildman–Crippen MR) is 69.5 cm³/mol. The summed E-state index contributed by atoms with van der Waals surface area (Å²) in [5.74, 6) is 0.104. The minimum absolute atomic E-state index is 0.104. The van der Waals surface area contributed by atoms with Crippen molar-refractivity contribution in [1.82, 2.24) is 0 Å². The van der Waals surface area contributed by atoms with Gasteiger partial charge in [0.25, 0.3) is 0 Å². The fraction of sp³-hybridized carbons (Fsp3) is 0.300. The summed E-state index contributed by atoms with van der Waals surface area (Å²) in [5, 5.41) is 0.688. The third-order valence-electron chi connectivity index (χ3n) is 1.85. The molecule has 0 heterocycles. The standard InChI is InChI=1S/C10H9Br3O/c1-6(12)10(14)9-7(5-11)3-2-4-8(9)13/h2-4,6H,5H2,1H3. The summed E-state index contributed by atoms with van der Waals surface area (Å²) in [6.07, 6.45) is 0. The molecule has 0 saturated heterocycles. The number of Topliss-reactive ketones (excluding diaryl/α,β-unsaturated/α-hetero) is 1. The molecule has 1 aromatic rings. The zero-order valence-electron chi connectivity index (χ0n) is 7.56. The van der Waals surface area contributed by atoms with Crippen molar-refractivity contribution in [3.8, 4) is 0 Å². The molecule has 0 spiro atoms. The van der Waals surface area contributed by atoms with Crippen molar-refractivity contribution >= 4 is 53.6 Å². The first kappa shape index (κ1) is 12.4. The van der Waals surface area contributed by atoms with Crippen molar-refractivity contribution in [3.05, 3.63) is 33.8 Å². The van der Waals surface area contributed by atoms with E-state index in [1.807, 2.05) is 25.1 Å². The summed E-state index contributed by atoms with van der Waals surface area (Å²) in [5.41, 5.74) is 1.77. The topological polar surface area (TPSA) is 17.1 Å². The molecule has 1 unspecified atom stereocenters. The van der Waals surface area contributed by atoms with Gasteiger partial charge in [-0.25, -0.2) is 0 Å². The zero-order chi connectivity index (χ0) is 10.7. The van der Waals surface area contributed by atoms with Crippen LogP contribution in [0, 0.1) is 0 Å². The minimum atomic E-state index is -0.154. The van der Waals surface area contributed by atoms with E-state index in [1.54, 1.807) is 0 Å². The van der Waals surface area contributed by atoms with Crippen molar-refractivity contribution in [2.45, 2.75) is 17.1 Å². The first-order chi connectivity index (χ1) is 6.57. The van der Waals surface area contributed by atoms with Gasteiger partial charge < -0.3 is 0 Å². The van der Waals surface area contributed by atoms with E-state index >= 15 is 0 Å². The SMILES string of the molecule is CC(Br)C(=O)c1c(Br)cccc1CBr. The Morgan fingerprint density at radius 1 is 1.50 bits per heavy atom. The number of hydrogen-bond acceptors (Lipinski definition) is 1. The van der Waals surface area contributed by atoms with Crippen molar-refractivity contribution in [3.63, 3.8) is 0 Å². The van der Waals surface area contributed by atoms with Crippen LogP contribution in [0.3, 0.4) is 0 Å². The Hall–Kier alpha value is 0.330. The lowest BCUT2D eigenvalue weighted by atomic mass is 10.0. The fourth-order valence-electron chi connectivity index (χ4n) is 1.15. The highest BCUT2D eigenvalue weighted by atomic mass is 79.9. The van der Waals surface area contributed by atoms with Gasteiger partial charge in [-0.3, -0.25) is 4.79 Å². The molecule has 4 heteroatoms. The van der Waals surface area contributed by atoms with E-state index in [0.717, 1.165) is 15.6 Å². The molecule has 0 aliphatic heterocycles. The Balaban J connectivity index is 3.23. The van der Waals surface area contributed by atoms with E-state index in [2.05, 4.69) is 47.8 Å². The summed E-state index contributed by atoms with van der Waals surface area (Å²) < 4.78 is 0.853. The zero-order valence-corrected chi connectivity index (χ0v) is 12.3. The lowest BCUT2D eigenvalue weighted by molar-refractivity contribution is 0.0994. The predicted octanol–water partition coefficient (Wildman–Crippen LogP) is 4.31. The largest absolute Gasteiger partial charge is 0.293 e. The van der Waals surface area contributed by atoms with Crippen LogP contribution in [0.25, 0.3) is 0 Å². The molecule has 1 rings (SSSR count). The van der Waals surface area contributed by atoms with Gasteiger partial charge in [-0.05, 0) is 18.6 Å². The van der Waals surface area contributed by atoms with E-state index in [0.29, 0.717) is 5.33 Å². The van der Waals surface area contributed by atoms with Gasteiger partial charge in [0.15, 0.2) is 5.78 Å². The average molecular weight is 385 g/mol. The van der Waals surface area contributed by atoms with Crippen molar-refractivity contribution in [2.24, 2.45) is 0 Å². The van der Waals surface area contributed by atoms with E-state index in [-0.39, 0.29) is 10.6 Å². The average Bonchev–Trinajstić information content (AvgIpc) is 2.16. The molecule has 0 fully saturated rings. The molecule has 0 bridgehead atoms. The van der Waals surface area contributed by atoms with Crippen LogP contribution in [0.15, 0.2) is 22.7 Å². The Morgan fingerprint density at radius 3 is 2.64 bits per heavy atom. The van der Waals surface area contributed by atoms with Crippen LogP contribution in [0.2, 0.25) is 0 Å². The monoisotopic (exact) mass is 382 g/mol. The molecule has 76 valence electrons. The smallest absolute Gasteiger partial charge is 0.177 e. The first-order valence-corrected chi connectivity index (χ1v) is 6.92. The summed E-state index contributed by atoms with van der Waals surface area (Å²) in [6, 6.07) is 5.76. The summed E-state index contributed by atoms with van der Waals surface area (Å²) in [4.78, 5) is 11.7. The van der Waals surface area contributed by atoms with Crippen LogP contribution in [0.4, 0.5) is 0 Å². The van der Waals surface area contributed by atoms with Crippen LogP contribution in [-0.2, 0) is 5.33 Å². The third-order valence-corrected chi connectivity index (χ3v) is 3.53. The number of alkyl halides is 2. The number of halogens is 3. The first-order valence-electron chi connectivity index (χ1n) is 4.09. The second-order valence-electron chi connectivity index (χ2n) is 2.89. The fourth-order valence-corrected chi connectivity index (χ4v) is 2.45. The van der Waals surface area contributed by atoms with Crippen molar-refractivity contribution in [2.75, 3.05) is 0 Å². The number of benzene rings is 1. The third kappa shape index (κ3) is 2.67. The number of ketones is 1. The Labute approximate surface area is 109 Å². The van der Waals surface area contributed by atoms with Crippen molar-refractivity contribution < 1.29 is 4.79 Å². The molecule has 0 radical (unpaired) electrons. The summed E-state index contributed by atoms with van der Waals surface area (Å²) in [6.45, 7) is 1.83. The molecule has 1 nitrogen and oxygen atoms in total. The Morgan fingerprint density at radius 2 is 2.14 bits per heavy atom. The highest BCUT2D eigenvalue weighted by Gasteiger charge is 2.18. The maximum Gasteiger partial charge on any atom is 0.177 e. The van der Waals surface area contributed by atoms with Crippen LogP contribution in [-0.4, -0.2) is 10.6 Å². The van der Waals surface area contributed by atoms with Crippen LogP contribution in [0.1, 0.15) is 22.8 Å². The van der Waals surface area contributed by atoms with Gasteiger partial charge in [-0.15, -0.1) is 0 Å². The maximum atomic E-state index is 11.8. The Bertz CT molecular complexity index is 347. The molecular weight excluding hydrogens is 376 g/mol. The molecular formula is C10H9Br3O. The molecule has 1 atom stereocenters. The van der Waals surface area contributed by atoms with Gasteiger partial charge in [-0.2, -0.15) is 0 Å². The number of carbonyl (C=O) groups is 1. The van der Waals surface area contributed by atoms with Gasteiger partial charge in [0.05, 0.1) is 4.83 Å². The van der Waals surface area contributed by atoms with E-state index in [9.17, 15) is 4.79 Å². The number of carbonyl (C=O) groups excluding carboxylic acids is 1. The van der Waals surface area contributed by atoms with Gasteiger partial charge in [0.2, 0.25) is 0 Å². The maximum absolute atomic E-state index is 11.8. The molecule has 0 amide bonds. The quantitative estimate of drug-likeness (QED) is 0.560. The highest BCUT2D eigenvalue weighted by Crippen LogP contribution is 2.25. The van der Waals surface area contributed by atoms with Crippen LogP contribution < -0.4 is 0 Å². The number of hydrogen-bond donors (Lipinski definition) is 0. The molecule has 0 aliphatic rings. The molecule has 0 N–H and O–H groups in total. The minimum Gasteiger partial charge on any atom is -0.293 e. The Kier molecular flexibility index (Phi) is 4.80. The van der Waals surface area contributed by atoms with Gasteiger partial charge >= 0.3 is 0 Å². The molecule has 14 heavy (non-hydrogen) atoms. The van der Waals surface area contributed by atoms with Gasteiger partial charge in [0.1, 0.15) is 0 Å². The van der Waals surface area contributed by atoms with Crippen LogP contribution >= 0.6 is 47.8 Å². The molecule has 0 aromatic heterocycles. The van der Waals surface area contributed by atoms with Gasteiger partial charge in [0, 0.05) is 15.4 Å². The van der Waals surface area contributed by atoms with Crippen molar-refractivity contribution in [1.29, 1.82) is 0 Å². The second-order valence-corrected chi connectivity index (χ2v) is 5.68. The van der Waals surface area contributed by atoms with Gasteiger partial charge in [-0.1, -0.05) is 59.9 Å². The summed E-state index contributed by atoms with van der Waals surface area (Å²) >= 11 is 10.1. The molecule has 1 aromatic carbocycles. The summed E-state index contributed by atoms with van der Waals surface area (Å²) in [7, 11) is 0. The molecule has 0 aliphatic carbocycles. The lowest BCUT2D eigenvalue weighted by Crippen LogP contribution is -2.13. The normalized spacial score (nSPS) is 12.6. The lowest BCUT2D eigenvalue weighted by Gasteiger charge is -2.09. The second kappa shape index (κ2) is 5.42. The molecule has 0 saturated carbocycles. The number of rotatable bonds is 3.